The first-order valence-electron chi connectivity index (χ1n) is 9.00. The molecule has 5 rings (SSSR count). The van der Waals surface area contributed by atoms with E-state index < -0.39 is 5.60 Å². The lowest BCUT2D eigenvalue weighted by atomic mass is 9.84. The Bertz CT molecular complexity index is 1130. The molecule has 0 bridgehead atoms. The summed E-state index contributed by atoms with van der Waals surface area (Å²) < 4.78 is 6.04. The third-order valence-corrected chi connectivity index (χ3v) is 5.73. The molecule has 0 atom stereocenters. The lowest BCUT2D eigenvalue weighted by Crippen LogP contribution is -2.43. The Labute approximate surface area is 161 Å². The fourth-order valence-electron chi connectivity index (χ4n) is 3.93. The number of hydrogen-bond acceptors (Lipinski definition) is 5. The molecule has 0 saturated carbocycles. The number of furan rings is 1. The zero-order valence-corrected chi connectivity index (χ0v) is 15.4. The highest BCUT2D eigenvalue weighted by molar-refractivity contribution is 6.31. The first kappa shape index (κ1) is 16.5. The number of para-hydroxylation sites is 1. The minimum absolute atomic E-state index is 0.572. The SMILES string of the molecule is OC1(c2ccccc2Cl)CCN(c2ncnc3c2oc2ccccc23)CC1. The Kier molecular flexibility index (Phi) is 3.81. The maximum atomic E-state index is 11.1. The van der Waals surface area contributed by atoms with Gasteiger partial charge in [-0.3, -0.25) is 0 Å². The number of nitrogens with zero attached hydrogens (tertiary/aromatic N) is 3. The van der Waals surface area contributed by atoms with Crippen LogP contribution in [0.4, 0.5) is 5.82 Å². The molecule has 136 valence electrons. The Morgan fingerprint density at radius 2 is 1.74 bits per heavy atom. The van der Waals surface area contributed by atoms with Gasteiger partial charge in [0, 0.05) is 29.1 Å². The molecule has 27 heavy (non-hydrogen) atoms. The van der Waals surface area contributed by atoms with Gasteiger partial charge < -0.3 is 14.4 Å². The van der Waals surface area contributed by atoms with E-state index in [2.05, 4.69) is 14.9 Å². The molecule has 1 aliphatic rings. The summed E-state index contributed by atoms with van der Waals surface area (Å²) in [6.07, 6.45) is 2.72. The summed E-state index contributed by atoms with van der Waals surface area (Å²) in [6.45, 7) is 1.32. The normalized spacial score (nSPS) is 16.9. The van der Waals surface area contributed by atoms with Crippen LogP contribution in [0.5, 0.6) is 0 Å². The Morgan fingerprint density at radius 3 is 2.56 bits per heavy atom. The molecule has 3 heterocycles. The maximum Gasteiger partial charge on any atom is 0.196 e. The van der Waals surface area contributed by atoms with Crippen LogP contribution < -0.4 is 4.90 Å². The Morgan fingerprint density at radius 1 is 1.00 bits per heavy atom. The first-order chi connectivity index (χ1) is 13.2. The number of piperidine rings is 1. The van der Waals surface area contributed by atoms with Gasteiger partial charge in [-0.1, -0.05) is 41.9 Å². The number of rotatable bonds is 2. The highest BCUT2D eigenvalue weighted by Gasteiger charge is 2.36. The zero-order valence-electron chi connectivity index (χ0n) is 14.6. The monoisotopic (exact) mass is 379 g/mol. The van der Waals surface area contributed by atoms with E-state index in [-0.39, 0.29) is 0 Å². The van der Waals surface area contributed by atoms with Gasteiger partial charge in [-0.15, -0.1) is 0 Å². The quantitative estimate of drug-likeness (QED) is 0.555. The lowest BCUT2D eigenvalue weighted by molar-refractivity contribution is 0.0118. The van der Waals surface area contributed by atoms with Crippen LogP contribution >= 0.6 is 11.6 Å². The molecule has 0 unspecified atom stereocenters. The minimum atomic E-state index is -0.922. The zero-order chi connectivity index (χ0) is 18.4. The largest absolute Gasteiger partial charge is 0.450 e. The van der Waals surface area contributed by atoms with E-state index >= 15 is 0 Å². The Hall–Kier alpha value is -2.63. The summed E-state index contributed by atoms with van der Waals surface area (Å²) in [7, 11) is 0. The minimum Gasteiger partial charge on any atom is -0.450 e. The molecule has 1 aliphatic heterocycles. The van der Waals surface area contributed by atoms with Crippen LogP contribution in [-0.4, -0.2) is 28.2 Å². The number of halogens is 1. The first-order valence-corrected chi connectivity index (χ1v) is 9.38. The molecule has 2 aromatic heterocycles. The van der Waals surface area contributed by atoms with Gasteiger partial charge in [0.15, 0.2) is 11.4 Å². The molecule has 0 radical (unpaired) electrons. The summed E-state index contributed by atoms with van der Waals surface area (Å²) in [5.41, 5.74) is 2.20. The summed E-state index contributed by atoms with van der Waals surface area (Å²) in [5.74, 6) is 0.775. The molecule has 0 amide bonds. The number of aromatic nitrogens is 2. The Balaban J connectivity index is 1.49. The van der Waals surface area contributed by atoms with E-state index in [0.717, 1.165) is 27.9 Å². The molecule has 6 heteroatoms. The number of fused-ring (bicyclic) bond motifs is 3. The number of benzene rings is 2. The lowest BCUT2D eigenvalue weighted by Gasteiger charge is -2.39. The van der Waals surface area contributed by atoms with Gasteiger partial charge in [-0.25, -0.2) is 9.97 Å². The average molecular weight is 380 g/mol. The fourth-order valence-corrected chi connectivity index (χ4v) is 4.24. The molecule has 4 aromatic rings. The van der Waals surface area contributed by atoms with Crippen molar-refractivity contribution >= 4 is 39.5 Å². The predicted octanol–water partition coefficient (Wildman–Crippen LogP) is 4.52. The van der Waals surface area contributed by atoms with Gasteiger partial charge in [0.2, 0.25) is 0 Å². The highest BCUT2D eigenvalue weighted by atomic mass is 35.5. The van der Waals surface area contributed by atoms with E-state index in [4.69, 9.17) is 16.0 Å². The van der Waals surface area contributed by atoms with Crippen LogP contribution in [0.2, 0.25) is 5.02 Å². The van der Waals surface area contributed by atoms with Gasteiger partial charge in [0.25, 0.3) is 0 Å². The van der Waals surface area contributed by atoms with Crippen LogP contribution in [0.25, 0.3) is 22.1 Å². The summed E-state index contributed by atoms with van der Waals surface area (Å²) in [4.78, 5) is 11.0. The standard InChI is InChI=1S/C21H18ClN3O2/c22-16-7-3-2-6-15(16)21(26)9-11-25(12-10-21)20-19-18(23-13-24-20)14-5-1-4-8-17(14)27-19/h1-8,13,26H,9-12H2. The molecule has 0 aliphatic carbocycles. The van der Waals surface area contributed by atoms with Crippen LogP contribution in [0, 0.1) is 0 Å². The molecule has 1 N–H and O–H groups in total. The van der Waals surface area contributed by atoms with Gasteiger partial charge in [0.05, 0.1) is 5.60 Å². The third-order valence-electron chi connectivity index (χ3n) is 5.40. The second kappa shape index (κ2) is 6.22. The average Bonchev–Trinajstić information content (AvgIpc) is 3.08. The molecule has 1 fully saturated rings. The highest BCUT2D eigenvalue weighted by Crippen LogP contribution is 2.39. The van der Waals surface area contributed by atoms with Crippen molar-refractivity contribution in [3.8, 4) is 0 Å². The molecular formula is C21H18ClN3O2. The van der Waals surface area contributed by atoms with E-state index in [0.29, 0.717) is 36.5 Å². The summed E-state index contributed by atoms with van der Waals surface area (Å²) >= 11 is 6.31. The molecule has 0 spiro atoms. The molecule has 1 saturated heterocycles. The summed E-state index contributed by atoms with van der Waals surface area (Å²) in [6, 6.07) is 15.4. The third kappa shape index (κ3) is 2.66. The van der Waals surface area contributed by atoms with Crippen molar-refractivity contribution in [1.29, 1.82) is 0 Å². The molecular weight excluding hydrogens is 362 g/mol. The van der Waals surface area contributed by atoms with Crippen molar-refractivity contribution in [2.75, 3.05) is 18.0 Å². The second-order valence-electron chi connectivity index (χ2n) is 6.97. The van der Waals surface area contributed by atoms with Crippen molar-refractivity contribution in [1.82, 2.24) is 9.97 Å². The maximum absolute atomic E-state index is 11.1. The van der Waals surface area contributed by atoms with Gasteiger partial charge in [0.1, 0.15) is 17.4 Å². The smallest absolute Gasteiger partial charge is 0.196 e. The van der Waals surface area contributed by atoms with E-state index in [1.54, 1.807) is 6.33 Å². The molecule has 2 aromatic carbocycles. The van der Waals surface area contributed by atoms with Crippen LogP contribution in [0.15, 0.2) is 59.3 Å². The van der Waals surface area contributed by atoms with Crippen molar-refractivity contribution in [2.24, 2.45) is 0 Å². The topological polar surface area (TPSA) is 62.4 Å². The van der Waals surface area contributed by atoms with E-state index in [1.807, 2.05) is 48.5 Å². The number of hydrogen-bond donors (Lipinski definition) is 1. The second-order valence-corrected chi connectivity index (χ2v) is 7.38. The van der Waals surface area contributed by atoms with Crippen LogP contribution in [-0.2, 0) is 5.60 Å². The van der Waals surface area contributed by atoms with Crippen LogP contribution in [0.3, 0.4) is 0 Å². The number of aliphatic hydroxyl groups is 1. The van der Waals surface area contributed by atoms with E-state index in [9.17, 15) is 5.11 Å². The number of anilines is 1. The van der Waals surface area contributed by atoms with Crippen molar-refractivity contribution < 1.29 is 9.52 Å². The van der Waals surface area contributed by atoms with Gasteiger partial charge >= 0.3 is 0 Å². The van der Waals surface area contributed by atoms with Crippen molar-refractivity contribution in [3.05, 3.63) is 65.4 Å². The summed E-state index contributed by atoms with van der Waals surface area (Å²) in [5, 5.41) is 12.7. The molecule has 5 nitrogen and oxygen atoms in total. The van der Waals surface area contributed by atoms with Gasteiger partial charge in [-0.2, -0.15) is 0 Å². The van der Waals surface area contributed by atoms with Crippen LogP contribution in [0.1, 0.15) is 18.4 Å². The predicted molar refractivity (Wildman–Crippen MR) is 106 cm³/mol. The van der Waals surface area contributed by atoms with Crippen molar-refractivity contribution in [3.63, 3.8) is 0 Å². The fraction of sp³-hybridized carbons (Fsp3) is 0.238. The van der Waals surface area contributed by atoms with E-state index in [1.165, 1.54) is 0 Å². The van der Waals surface area contributed by atoms with Gasteiger partial charge in [-0.05, 0) is 31.0 Å². The van der Waals surface area contributed by atoms with Crippen molar-refractivity contribution in [2.45, 2.75) is 18.4 Å².